The first-order valence-corrected chi connectivity index (χ1v) is 20.5. The Morgan fingerprint density at radius 1 is 0.451 bits per heavy atom. The Morgan fingerprint density at radius 3 is 1.67 bits per heavy atom. The zero-order chi connectivity index (χ0) is 35.3. The summed E-state index contributed by atoms with van der Waals surface area (Å²) in [4.78, 5) is 2.69. The first-order valence-electron chi connectivity index (χ1n) is 20.5. The summed E-state index contributed by atoms with van der Waals surface area (Å²) >= 11 is 0. The summed E-state index contributed by atoms with van der Waals surface area (Å²) in [6.07, 6.45) is 12.1. The topological polar surface area (TPSA) is 3.24 Å². The van der Waals surface area contributed by atoms with E-state index in [9.17, 15) is 0 Å². The van der Waals surface area contributed by atoms with Gasteiger partial charge in [-0.1, -0.05) is 104 Å². The molecule has 0 radical (unpaired) electrons. The Kier molecular flexibility index (Phi) is 6.61. The first kappa shape index (κ1) is 32.3. The fraction of sp³-hybridized carbons (Fsp3) is 0.520. The van der Waals surface area contributed by atoms with E-state index in [1.54, 1.807) is 11.1 Å². The molecule has 4 aromatic carbocycles. The van der Waals surface area contributed by atoms with Crippen LogP contribution in [0.5, 0.6) is 0 Å². The maximum absolute atomic E-state index is 2.69. The van der Waals surface area contributed by atoms with Crippen molar-refractivity contribution in [1.29, 1.82) is 0 Å². The van der Waals surface area contributed by atoms with Gasteiger partial charge in [0, 0.05) is 16.8 Å². The number of hydrogen-bond acceptors (Lipinski definition) is 1. The van der Waals surface area contributed by atoms with Gasteiger partial charge in [-0.3, -0.25) is 0 Å². The molecule has 7 aliphatic carbocycles. The predicted octanol–water partition coefficient (Wildman–Crippen LogP) is 13.6. The summed E-state index contributed by atoms with van der Waals surface area (Å²) in [6, 6.07) is 32.2. The van der Waals surface area contributed by atoms with E-state index in [1.165, 1.54) is 108 Å². The fourth-order valence-corrected chi connectivity index (χ4v) is 13.3. The van der Waals surface area contributed by atoms with Gasteiger partial charge < -0.3 is 4.90 Å². The molecule has 51 heavy (non-hydrogen) atoms. The van der Waals surface area contributed by atoms with Crippen molar-refractivity contribution < 1.29 is 0 Å². The standard InChI is InChI=1S/C50H59N/c1-46(2)20-21-48(5,6)43-30-36(17-19-41(43)46)51(44-15-11-14-42-45(44)49(7,8)23-22-47(42,3)4)35-16-18-40-38(29-35)37-12-9-10-13-39(37)50(40)33-25-31-24-32(27-33)28-34(50)26-31/h9-19,29-34H,20-28H2,1-8H3. The molecular formula is C50H59N. The molecule has 1 nitrogen and oxygen atoms in total. The summed E-state index contributed by atoms with van der Waals surface area (Å²) in [5.74, 6) is 3.49. The highest BCUT2D eigenvalue weighted by atomic mass is 15.1. The minimum absolute atomic E-state index is 0.0862. The van der Waals surface area contributed by atoms with Crippen molar-refractivity contribution in [3.05, 3.63) is 112 Å². The Hall–Kier alpha value is -3.32. The average Bonchev–Trinajstić information content (AvgIpc) is 3.38. The predicted molar refractivity (Wildman–Crippen MR) is 215 cm³/mol. The average molecular weight is 674 g/mol. The molecule has 4 fully saturated rings. The van der Waals surface area contributed by atoms with Crippen LogP contribution in [0.15, 0.2) is 78.9 Å². The van der Waals surface area contributed by atoms with Gasteiger partial charge in [0.2, 0.25) is 0 Å². The van der Waals surface area contributed by atoms with Crippen LogP contribution in [0.1, 0.15) is 147 Å². The zero-order valence-electron chi connectivity index (χ0n) is 32.6. The molecule has 0 amide bonds. The van der Waals surface area contributed by atoms with Crippen LogP contribution < -0.4 is 4.90 Å². The van der Waals surface area contributed by atoms with Crippen LogP contribution in [0.4, 0.5) is 17.1 Å². The number of nitrogens with zero attached hydrogens (tertiary/aromatic N) is 1. The number of benzene rings is 4. The molecule has 7 aliphatic rings. The lowest BCUT2D eigenvalue weighted by Crippen LogP contribution is -2.55. The van der Waals surface area contributed by atoms with E-state index in [0.717, 1.165) is 23.7 Å². The molecule has 0 unspecified atom stereocenters. The van der Waals surface area contributed by atoms with Crippen molar-refractivity contribution in [2.75, 3.05) is 4.90 Å². The van der Waals surface area contributed by atoms with E-state index in [1.807, 2.05) is 0 Å². The van der Waals surface area contributed by atoms with Crippen molar-refractivity contribution >= 4 is 17.1 Å². The third-order valence-electron chi connectivity index (χ3n) is 16.0. The molecule has 0 saturated heterocycles. The summed E-state index contributed by atoms with van der Waals surface area (Å²) in [5.41, 5.74) is 17.2. The van der Waals surface area contributed by atoms with E-state index in [4.69, 9.17) is 0 Å². The minimum atomic E-state index is 0.0862. The van der Waals surface area contributed by atoms with Gasteiger partial charge in [0.25, 0.3) is 0 Å². The van der Waals surface area contributed by atoms with Crippen molar-refractivity contribution in [2.45, 2.75) is 140 Å². The van der Waals surface area contributed by atoms with Gasteiger partial charge in [0.1, 0.15) is 0 Å². The molecule has 0 heterocycles. The largest absolute Gasteiger partial charge is 0.310 e. The Balaban J connectivity index is 1.22. The lowest BCUT2D eigenvalue weighted by molar-refractivity contribution is -0.0399. The smallest absolute Gasteiger partial charge is 0.0502 e. The maximum Gasteiger partial charge on any atom is 0.0502 e. The van der Waals surface area contributed by atoms with Crippen LogP contribution >= 0.6 is 0 Å². The highest BCUT2D eigenvalue weighted by molar-refractivity contribution is 5.88. The maximum atomic E-state index is 2.69. The number of anilines is 3. The molecule has 4 bridgehead atoms. The second-order valence-electron chi connectivity index (χ2n) is 20.7. The van der Waals surface area contributed by atoms with Gasteiger partial charge in [0.15, 0.2) is 0 Å². The zero-order valence-corrected chi connectivity index (χ0v) is 32.6. The molecular weight excluding hydrogens is 615 g/mol. The minimum Gasteiger partial charge on any atom is -0.310 e. The Bertz CT molecular complexity index is 2060. The molecule has 264 valence electrons. The molecule has 0 aliphatic heterocycles. The van der Waals surface area contributed by atoms with Gasteiger partial charge in [-0.15, -0.1) is 0 Å². The van der Waals surface area contributed by atoms with E-state index >= 15 is 0 Å². The molecule has 11 rings (SSSR count). The van der Waals surface area contributed by atoms with Crippen molar-refractivity contribution in [2.24, 2.45) is 23.7 Å². The third kappa shape index (κ3) is 4.39. The Labute approximate surface area is 308 Å². The van der Waals surface area contributed by atoms with Gasteiger partial charge in [-0.2, -0.15) is 0 Å². The van der Waals surface area contributed by atoms with Gasteiger partial charge >= 0.3 is 0 Å². The van der Waals surface area contributed by atoms with E-state index < -0.39 is 0 Å². The fourth-order valence-electron chi connectivity index (χ4n) is 13.3. The van der Waals surface area contributed by atoms with Crippen LogP contribution in [0.3, 0.4) is 0 Å². The van der Waals surface area contributed by atoms with E-state index in [-0.39, 0.29) is 27.1 Å². The molecule has 1 spiro atoms. The first-order chi connectivity index (χ1) is 24.2. The summed E-state index contributed by atoms with van der Waals surface area (Å²) in [5, 5.41) is 0. The lowest BCUT2D eigenvalue weighted by atomic mass is 9.43. The van der Waals surface area contributed by atoms with Crippen LogP contribution in [0.2, 0.25) is 0 Å². The normalized spacial score (nSPS) is 30.7. The quantitative estimate of drug-likeness (QED) is 0.209. The van der Waals surface area contributed by atoms with Crippen molar-refractivity contribution in [1.82, 2.24) is 0 Å². The molecule has 0 aromatic heterocycles. The van der Waals surface area contributed by atoms with E-state index in [2.05, 4.69) is 139 Å². The molecule has 0 atom stereocenters. The van der Waals surface area contributed by atoms with E-state index in [0.29, 0.717) is 0 Å². The third-order valence-corrected chi connectivity index (χ3v) is 16.0. The van der Waals surface area contributed by atoms with Crippen LogP contribution in [0, 0.1) is 23.7 Å². The van der Waals surface area contributed by atoms with Crippen LogP contribution in [0.25, 0.3) is 11.1 Å². The molecule has 4 saturated carbocycles. The monoisotopic (exact) mass is 673 g/mol. The molecule has 0 N–H and O–H groups in total. The molecule has 1 heteroatoms. The van der Waals surface area contributed by atoms with Gasteiger partial charge in [-0.05, 0) is 178 Å². The number of rotatable bonds is 3. The van der Waals surface area contributed by atoms with Crippen LogP contribution in [-0.4, -0.2) is 0 Å². The molecule has 4 aromatic rings. The second kappa shape index (κ2) is 10.4. The van der Waals surface area contributed by atoms with Gasteiger partial charge in [0.05, 0.1) is 5.69 Å². The number of hydrogen-bond donors (Lipinski definition) is 0. The van der Waals surface area contributed by atoms with Gasteiger partial charge in [-0.25, -0.2) is 0 Å². The highest BCUT2D eigenvalue weighted by Gasteiger charge is 2.61. The summed E-state index contributed by atoms with van der Waals surface area (Å²) in [6.45, 7) is 19.8. The SMILES string of the molecule is CC1(C)CCC(C)(C)c2cc(N(c3ccc4c(c3)-c3ccccc3C43C4CC5CC(C4)CC3C5)c3cccc4c3C(C)(C)CCC4(C)C)ccc21. The summed E-state index contributed by atoms with van der Waals surface area (Å²) in [7, 11) is 0. The Morgan fingerprint density at radius 2 is 0.980 bits per heavy atom. The van der Waals surface area contributed by atoms with Crippen molar-refractivity contribution in [3.63, 3.8) is 0 Å². The second-order valence-corrected chi connectivity index (χ2v) is 20.7. The lowest BCUT2D eigenvalue weighted by Gasteiger charge is -2.61. The number of fused-ring (bicyclic) bond motifs is 5. The highest BCUT2D eigenvalue weighted by Crippen LogP contribution is 2.69. The summed E-state index contributed by atoms with van der Waals surface area (Å²) < 4.78 is 0. The van der Waals surface area contributed by atoms with Crippen LogP contribution in [-0.2, 0) is 27.1 Å². The van der Waals surface area contributed by atoms with Crippen molar-refractivity contribution in [3.8, 4) is 11.1 Å².